The van der Waals surface area contributed by atoms with Gasteiger partial charge in [0.05, 0.1) is 11.7 Å². The zero-order chi connectivity index (χ0) is 23.7. The van der Waals surface area contributed by atoms with Gasteiger partial charge in [-0.15, -0.1) is 11.3 Å². The summed E-state index contributed by atoms with van der Waals surface area (Å²) < 4.78 is 1.42. The van der Waals surface area contributed by atoms with E-state index in [0.29, 0.717) is 27.9 Å². The van der Waals surface area contributed by atoms with E-state index >= 15 is 0 Å². The second-order valence-electron chi connectivity index (χ2n) is 8.13. The van der Waals surface area contributed by atoms with Crippen molar-refractivity contribution >= 4 is 38.9 Å². The molecule has 0 spiro atoms. The predicted molar refractivity (Wildman–Crippen MR) is 133 cm³/mol. The molecule has 1 N–H and O–H groups in total. The first-order chi connectivity index (χ1) is 15.8. The summed E-state index contributed by atoms with van der Waals surface area (Å²) in [5.74, 6) is -0.347. The van der Waals surface area contributed by atoms with Gasteiger partial charge in [0.25, 0.3) is 5.56 Å². The van der Waals surface area contributed by atoms with Crippen molar-refractivity contribution in [2.45, 2.75) is 40.2 Å². The van der Waals surface area contributed by atoms with Crippen LogP contribution in [0.4, 0.5) is 5.69 Å². The summed E-state index contributed by atoms with van der Waals surface area (Å²) in [4.78, 5) is 43.2. The summed E-state index contributed by atoms with van der Waals surface area (Å²) in [7, 11) is 0. The van der Waals surface area contributed by atoms with E-state index in [-0.39, 0.29) is 17.2 Å². The fourth-order valence-corrected chi connectivity index (χ4v) is 4.72. The number of amides is 1. The van der Waals surface area contributed by atoms with Crippen molar-refractivity contribution in [1.29, 1.82) is 0 Å². The number of aryl methyl sites for hydroxylation is 2. The fraction of sp³-hybridized carbons (Fsp3) is 0.231. The molecule has 2 aromatic heterocycles. The molecule has 1 amide bonds. The summed E-state index contributed by atoms with van der Waals surface area (Å²) in [5, 5.41) is 5.33. The third kappa shape index (κ3) is 4.36. The predicted octanol–water partition coefficient (Wildman–Crippen LogP) is 5.53. The Morgan fingerprint density at radius 1 is 1.09 bits per heavy atom. The summed E-state index contributed by atoms with van der Waals surface area (Å²) in [6.07, 6.45) is 1.88. The molecule has 0 fully saturated rings. The molecule has 2 heterocycles. The maximum Gasteiger partial charge on any atom is 0.263 e. The number of carbonyl (C=O) groups excluding carboxylic acids is 2. The fourth-order valence-electron chi connectivity index (χ4n) is 3.81. The maximum absolute atomic E-state index is 13.5. The lowest BCUT2D eigenvalue weighted by molar-refractivity contribution is -0.119. The Labute approximate surface area is 195 Å². The molecule has 1 unspecified atom stereocenters. The molecule has 4 rings (SSSR count). The monoisotopic (exact) mass is 459 g/mol. The minimum atomic E-state index is -0.714. The topological polar surface area (TPSA) is 81.1 Å². The van der Waals surface area contributed by atoms with Crippen molar-refractivity contribution in [2.24, 2.45) is 0 Å². The minimum Gasteiger partial charge on any atom is -0.324 e. The van der Waals surface area contributed by atoms with E-state index in [4.69, 9.17) is 0 Å². The van der Waals surface area contributed by atoms with E-state index in [2.05, 4.69) is 23.3 Å². The largest absolute Gasteiger partial charge is 0.324 e. The van der Waals surface area contributed by atoms with Gasteiger partial charge in [0.15, 0.2) is 5.78 Å². The van der Waals surface area contributed by atoms with Crippen LogP contribution in [-0.4, -0.2) is 21.2 Å². The lowest BCUT2D eigenvalue weighted by atomic mass is 10.0. The van der Waals surface area contributed by atoms with Crippen molar-refractivity contribution < 1.29 is 9.59 Å². The Morgan fingerprint density at radius 3 is 2.45 bits per heavy atom. The molecule has 4 aromatic rings. The van der Waals surface area contributed by atoms with Gasteiger partial charge in [0, 0.05) is 22.2 Å². The van der Waals surface area contributed by atoms with Crippen LogP contribution in [0.3, 0.4) is 0 Å². The number of carbonyl (C=O) groups is 2. The molecule has 33 heavy (non-hydrogen) atoms. The number of aromatic nitrogens is 2. The number of fused-ring (bicyclic) bond motifs is 1. The Kier molecular flexibility index (Phi) is 6.24. The average Bonchev–Trinajstić information content (AvgIpc) is 3.23. The highest BCUT2D eigenvalue weighted by molar-refractivity contribution is 7.17. The lowest BCUT2D eigenvalue weighted by Gasteiger charge is -2.18. The quantitative estimate of drug-likeness (QED) is 0.384. The van der Waals surface area contributed by atoms with Crippen molar-refractivity contribution in [3.63, 3.8) is 0 Å². The van der Waals surface area contributed by atoms with E-state index in [1.807, 2.05) is 31.4 Å². The molecule has 0 radical (unpaired) electrons. The van der Waals surface area contributed by atoms with Crippen molar-refractivity contribution in [2.75, 3.05) is 5.32 Å². The number of hydrogen-bond acceptors (Lipinski definition) is 5. The van der Waals surface area contributed by atoms with Gasteiger partial charge in [-0.25, -0.2) is 4.98 Å². The van der Waals surface area contributed by atoms with Crippen LogP contribution >= 0.6 is 11.3 Å². The number of anilines is 1. The Balaban J connectivity index is 1.70. The first-order valence-corrected chi connectivity index (χ1v) is 11.7. The second-order valence-corrected chi connectivity index (χ2v) is 8.99. The molecule has 0 saturated heterocycles. The van der Waals surface area contributed by atoms with Gasteiger partial charge in [-0.1, -0.05) is 25.1 Å². The molecule has 0 aliphatic rings. The summed E-state index contributed by atoms with van der Waals surface area (Å²) >= 11 is 1.42. The zero-order valence-electron chi connectivity index (χ0n) is 19.0. The number of hydrogen-bond donors (Lipinski definition) is 1. The van der Waals surface area contributed by atoms with Gasteiger partial charge < -0.3 is 5.32 Å². The van der Waals surface area contributed by atoms with Crippen LogP contribution in [-0.2, 0) is 4.79 Å². The number of thiophene rings is 1. The number of ketones is 1. The molecule has 2 aromatic carbocycles. The van der Waals surface area contributed by atoms with Gasteiger partial charge in [0.1, 0.15) is 10.9 Å². The summed E-state index contributed by atoms with van der Waals surface area (Å²) in [6.45, 7) is 7.45. The highest BCUT2D eigenvalue weighted by Gasteiger charge is 2.23. The highest BCUT2D eigenvalue weighted by Crippen LogP contribution is 2.32. The summed E-state index contributed by atoms with van der Waals surface area (Å²) in [6, 6.07) is 12.1. The number of Topliss-reactive ketones (excluding diaryl/α,β-unsaturated/α-hetero) is 1. The molecule has 7 heteroatoms. The second kappa shape index (κ2) is 9.11. The molecule has 168 valence electrons. The normalized spacial score (nSPS) is 12.0. The van der Waals surface area contributed by atoms with E-state index in [1.165, 1.54) is 34.7 Å². The molecule has 6 nitrogen and oxygen atoms in total. The zero-order valence-corrected chi connectivity index (χ0v) is 19.8. The molecular formula is C26H25N3O3S. The molecule has 1 atom stereocenters. The third-order valence-electron chi connectivity index (χ3n) is 5.92. The van der Waals surface area contributed by atoms with Crippen LogP contribution in [0.5, 0.6) is 0 Å². The summed E-state index contributed by atoms with van der Waals surface area (Å²) in [5.41, 5.74) is 5.04. The van der Waals surface area contributed by atoms with Crippen LogP contribution in [0.25, 0.3) is 21.3 Å². The Bertz CT molecular complexity index is 1420. The van der Waals surface area contributed by atoms with Crippen molar-refractivity contribution in [3.05, 3.63) is 81.2 Å². The maximum atomic E-state index is 13.5. The van der Waals surface area contributed by atoms with Crippen LogP contribution < -0.4 is 10.9 Å². The van der Waals surface area contributed by atoms with Crippen molar-refractivity contribution in [1.82, 2.24) is 9.55 Å². The number of rotatable bonds is 6. The average molecular weight is 460 g/mol. The number of nitrogens with zero attached hydrogens (tertiary/aromatic N) is 2. The third-order valence-corrected chi connectivity index (χ3v) is 6.81. The van der Waals surface area contributed by atoms with Crippen LogP contribution in [0, 0.1) is 13.8 Å². The molecular weight excluding hydrogens is 434 g/mol. The van der Waals surface area contributed by atoms with Crippen LogP contribution in [0.2, 0.25) is 0 Å². The first-order valence-electron chi connectivity index (χ1n) is 10.8. The van der Waals surface area contributed by atoms with Gasteiger partial charge in [-0.2, -0.15) is 0 Å². The minimum absolute atomic E-state index is 0.0411. The molecule has 0 saturated carbocycles. The lowest BCUT2D eigenvalue weighted by Crippen LogP contribution is -2.33. The van der Waals surface area contributed by atoms with Crippen LogP contribution in [0.1, 0.15) is 47.8 Å². The van der Waals surface area contributed by atoms with E-state index < -0.39 is 6.04 Å². The molecule has 0 aliphatic carbocycles. The van der Waals surface area contributed by atoms with Gasteiger partial charge >= 0.3 is 0 Å². The number of benzene rings is 2. The Morgan fingerprint density at radius 2 is 1.82 bits per heavy atom. The van der Waals surface area contributed by atoms with E-state index in [0.717, 1.165) is 16.7 Å². The van der Waals surface area contributed by atoms with Gasteiger partial charge in [0.2, 0.25) is 5.91 Å². The van der Waals surface area contributed by atoms with E-state index in [9.17, 15) is 14.4 Å². The van der Waals surface area contributed by atoms with Gasteiger partial charge in [-0.05, 0) is 68.1 Å². The first kappa shape index (κ1) is 22.6. The molecule has 0 bridgehead atoms. The van der Waals surface area contributed by atoms with Crippen LogP contribution in [0.15, 0.2) is 59.0 Å². The highest BCUT2D eigenvalue weighted by atomic mass is 32.1. The number of nitrogens with one attached hydrogen (secondary N) is 1. The smallest absolute Gasteiger partial charge is 0.263 e. The Hall–Kier alpha value is -3.58. The molecule has 0 aliphatic heterocycles. The standard InChI is InChI=1S/C26H25N3O3S/c1-5-22(24(31)28-20-10-8-18(9-11-20)17(4)30)29-14-27-25-23(26(29)32)21(13-33-25)19-7-6-15(2)16(3)12-19/h6-14,22H,5H2,1-4H3,(H,28,31). The van der Waals surface area contributed by atoms with Gasteiger partial charge in [-0.3, -0.25) is 19.0 Å². The van der Waals surface area contributed by atoms with E-state index in [1.54, 1.807) is 24.3 Å². The SMILES string of the molecule is CCC(C(=O)Nc1ccc(C(C)=O)cc1)n1cnc2scc(-c3ccc(C)c(C)c3)c2c1=O. The van der Waals surface area contributed by atoms with Crippen molar-refractivity contribution in [3.8, 4) is 11.1 Å².